The number of hydrogen-bond acceptors (Lipinski definition) is 6. The average molecular weight is 522 g/mol. The van der Waals surface area contributed by atoms with E-state index >= 15 is 0 Å². The van der Waals surface area contributed by atoms with E-state index in [0.29, 0.717) is 29.1 Å². The van der Waals surface area contributed by atoms with Gasteiger partial charge in [-0.1, -0.05) is 19.1 Å². The number of halogens is 1. The van der Waals surface area contributed by atoms with Crippen LogP contribution in [-0.2, 0) is 23.1 Å². The monoisotopic (exact) mass is 521 g/mol. The molecule has 1 unspecified atom stereocenters. The van der Waals surface area contributed by atoms with Crippen molar-refractivity contribution in [3.05, 3.63) is 70.9 Å². The van der Waals surface area contributed by atoms with Gasteiger partial charge in [0.25, 0.3) is 5.91 Å². The summed E-state index contributed by atoms with van der Waals surface area (Å²) in [6.45, 7) is 5.21. The zero-order valence-corrected chi connectivity index (χ0v) is 22.1. The van der Waals surface area contributed by atoms with Crippen molar-refractivity contribution in [3.8, 4) is 0 Å². The number of imide groups is 1. The van der Waals surface area contributed by atoms with Gasteiger partial charge in [0.05, 0.1) is 23.8 Å². The summed E-state index contributed by atoms with van der Waals surface area (Å²) in [5.74, 6) is -1.63. The largest absolute Gasteiger partial charge is 0.384 e. The van der Waals surface area contributed by atoms with Crippen molar-refractivity contribution in [3.63, 3.8) is 0 Å². The molecule has 2 aromatic heterocycles. The van der Waals surface area contributed by atoms with Crippen LogP contribution in [0.15, 0.2) is 42.9 Å². The van der Waals surface area contributed by atoms with Gasteiger partial charge in [-0.15, -0.1) is 0 Å². The molecule has 3 heterocycles. The number of likely N-dealkylation sites (N-methyl/N-ethyl adjacent to an activating group) is 1. The first-order valence-electron chi connectivity index (χ1n) is 12.4. The molecule has 0 aliphatic carbocycles. The summed E-state index contributed by atoms with van der Waals surface area (Å²) < 4.78 is 15.7. The predicted octanol–water partition coefficient (Wildman–Crippen LogP) is 3.05. The van der Waals surface area contributed by atoms with E-state index in [1.165, 1.54) is 17.3 Å². The van der Waals surface area contributed by atoms with Gasteiger partial charge in [-0.3, -0.25) is 19.2 Å². The van der Waals surface area contributed by atoms with Crippen LogP contribution in [-0.4, -0.2) is 50.6 Å². The normalized spacial score (nSPS) is 17.6. The molecule has 0 bridgehead atoms. The summed E-state index contributed by atoms with van der Waals surface area (Å²) in [5, 5.41) is 6.99. The number of anilines is 2. The maximum absolute atomic E-state index is 14.2. The van der Waals surface area contributed by atoms with Crippen LogP contribution in [0.4, 0.5) is 20.7 Å². The molecule has 38 heavy (non-hydrogen) atoms. The molecule has 10 nitrogen and oxygen atoms in total. The summed E-state index contributed by atoms with van der Waals surface area (Å²) in [4.78, 5) is 46.8. The minimum absolute atomic E-state index is 0.222. The predicted molar refractivity (Wildman–Crippen MR) is 141 cm³/mol. The number of nitrogen functional groups attached to an aromatic ring is 1. The third-order valence-electron chi connectivity index (χ3n) is 6.96. The van der Waals surface area contributed by atoms with Gasteiger partial charge < -0.3 is 16.0 Å². The number of aromatic nitrogens is 3. The van der Waals surface area contributed by atoms with Gasteiger partial charge in [0.15, 0.2) is 0 Å². The van der Waals surface area contributed by atoms with Crippen molar-refractivity contribution in [2.45, 2.75) is 45.7 Å². The quantitative estimate of drug-likeness (QED) is 0.460. The highest BCUT2D eigenvalue weighted by molar-refractivity contribution is 6.12. The van der Waals surface area contributed by atoms with E-state index in [9.17, 15) is 18.8 Å². The first-order chi connectivity index (χ1) is 18.0. The topological polar surface area (TPSA) is 126 Å². The molecule has 1 fully saturated rings. The number of nitrogens with zero attached hydrogens (tertiary/aromatic N) is 5. The van der Waals surface area contributed by atoms with Gasteiger partial charge in [0.1, 0.15) is 17.7 Å². The molecule has 3 atom stereocenters. The van der Waals surface area contributed by atoms with Crippen molar-refractivity contribution in [1.29, 1.82) is 0 Å². The Morgan fingerprint density at radius 3 is 2.50 bits per heavy atom. The Balaban J connectivity index is 1.61. The third-order valence-corrected chi connectivity index (χ3v) is 6.96. The second kappa shape index (κ2) is 10.6. The summed E-state index contributed by atoms with van der Waals surface area (Å²) >= 11 is 0. The van der Waals surface area contributed by atoms with E-state index in [0.717, 1.165) is 16.0 Å². The fourth-order valence-electron chi connectivity index (χ4n) is 4.86. The first kappa shape index (κ1) is 26.8. The number of likely N-dealkylation sites (tertiary alicyclic amines) is 1. The van der Waals surface area contributed by atoms with Crippen LogP contribution in [0.5, 0.6) is 0 Å². The summed E-state index contributed by atoms with van der Waals surface area (Å²) in [7, 11) is 3.31. The second-order valence-corrected chi connectivity index (χ2v) is 9.70. The highest BCUT2D eigenvalue weighted by Gasteiger charge is 2.55. The van der Waals surface area contributed by atoms with E-state index in [1.807, 2.05) is 6.92 Å². The van der Waals surface area contributed by atoms with Gasteiger partial charge in [0, 0.05) is 26.5 Å². The lowest BCUT2D eigenvalue weighted by molar-refractivity contribution is -0.156. The van der Waals surface area contributed by atoms with Crippen LogP contribution in [0.3, 0.4) is 0 Å². The Bertz CT molecular complexity index is 1370. The van der Waals surface area contributed by atoms with Crippen molar-refractivity contribution in [1.82, 2.24) is 25.0 Å². The first-order valence-corrected chi connectivity index (χ1v) is 12.4. The van der Waals surface area contributed by atoms with Crippen LogP contribution in [0.1, 0.15) is 41.6 Å². The molecule has 1 aromatic carbocycles. The molecule has 1 aliphatic heterocycles. The Kier molecular flexibility index (Phi) is 7.47. The number of nitrogens with one attached hydrogen (secondary N) is 1. The van der Waals surface area contributed by atoms with Gasteiger partial charge in [-0.2, -0.15) is 5.10 Å². The van der Waals surface area contributed by atoms with Crippen LogP contribution >= 0.6 is 0 Å². The lowest BCUT2D eigenvalue weighted by Gasteiger charge is -2.46. The Hall–Kier alpha value is -4.28. The Morgan fingerprint density at radius 2 is 1.92 bits per heavy atom. The fraction of sp³-hybridized carbons (Fsp3) is 0.370. The number of benzene rings is 1. The number of amides is 4. The zero-order chi connectivity index (χ0) is 27.7. The zero-order valence-electron chi connectivity index (χ0n) is 22.1. The standard InChI is InChI=1S/C27H32FN7O3/c1-6-21(18-9-15(2)23(28)16(3)10-18)32-27(38)35-24(26(37)34(5)19-13-31-33(4)14-19)20(25(35)36)11-17-7-8-30-22(29)12-17/h7-10,12-14,20-21,24H,6,11H2,1-5H3,(H2,29,30)(H,32,38)/t20?,21-,24+/m1/s1. The number of nitrogens with two attached hydrogens (primary N) is 1. The molecule has 4 rings (SSSR count). The summed E-state index contributed by atoms with van der Waals surface area (Å²) in [6.07, 6.45) is 5.48. The van der Waals surface area contributed by atoms with Gasteiger partial charge in [-0.25, -0.2) is 14.2 Å². The second-order valence-electron chi connectivity index (χ2n) is 9.70. The lowest BCUT2D eigenvalue weighted by atomic mass is 9.81. The van der Waals surface area contributed by atoms with Crippen molar-refractivity contribution in [2.75, 3.05) is 17.7 Å². The van der Waals surface area contributed by atoms with Gasteiger partial charge >= 0.3 is 6.03 Å². The molecule has 11 heteroatoms. The third kappa shape index (κ3) is 5.09. The number of urea groups is 1. The molecule has 0 saturated carbocycles. The summed E-state index contributed by atoms with van der Waals surface area (Å²) in [5.41, 5.74) is 8.74. The molecule has 1 aliphatic rings. The number of hydrogen-bond donors (Lipinski definition) is 2. The molecule has 200 valence electrons. The molecule has 1 saturated heterocycles. The smallest absolute Gasteiger partial charge is 0.325 e. The number of aryl methyl sites for hydroxylation is 3. The molecule has 3 N–H and O–H groups in total. The van der Waals surface area contributed by atoms with Crippen LogP contribution < -0.4 is 16.0 Å². The SMILES string of the molecule is CC[C@@H](NC(=O)N1C(=O)C(Cc2ccnc(N)c2)[C@H]1C(=O)N(C)c1cnn(C)c1)c1cc(C)c(F)c(C)c1. The van der Waals surface area contributed by atoms with Crippen LogP contribution in [0.2, 0.25) is 0 Å². The van der Waals surface area contributed by atoms with E-state index in [2.05, 4.69) is 15.4 Å². The number of pyridine rings is 1. The summed E-state index contributed by atoms with van der Waals surface area (Å²) in [6, 6.07) is 4.56. The maximum atomic E-state index is 14.2. The average Bonchev–Trinajstić information content (AvgIpc) is 3.32. The number of carbonyl (C=O) groups excluding carboxylic acids is 3. The van der Waals surface area contributed by atoms with E-state index in [4.69, 9.17) is 5.73 Å². The molecule has 0 radical (unpaired) electrons. The van der Waals surface area contributed by atoms with Gasteiger partial charge in [-0.05, 0) is 61.1 Å². The van der Waals surface area contributed by atoms with Crippen LogP contribution in [0.25, 0.3) is 0 Å². The number of rotatable bonds is 7. The van der Waals surface area contributed by atoms with E-state index in [1.54, 1.807) is 63.1 Å². The van der Waals surface area contributed by atoms with Crippen molar-refractivity contribution in [2.24, 2.45) is 13.0 Å². The van der Waals surface area contributed by atoms with Crippen molar-refractivity contribution < 1.29 is 18.8 Å². The lowest BCUT2D eigenvalue weighted by Crippen LogP contribution is -2.70. The minimum atomic E-state index is -1.03. The molecular weight excluding hydrogens is 489 g/mol. The number of β-lactam (4-membered cyclic amide) rings is 1. The highest BCUT2D eigenvalue weighted by Crippen LogP contribution is 2.33. The fourth-order valence-corrected chi connectivity index (χ4v) is 4.86. The minimum Gasteiger partial charge on any atom is -0.384 e. The van der Waals surface area contributed by atoms with E-state index in [-0.39, 0.29) is 12.2 Å². The molecule has 3 aromatic rings. The Labute approximate surface area is 220 Å². The highest BCUT2D eigenvalue weighted by atomic mass is 19.1. The molecular formula is C27H32FN7O3. The Morgan fingerprint density at radius 1 is 1.24 bits per heavy atom. The maximum Gasteiger partial charge on any atom is 0.325 e. The van der Waals surface area contributed by atoms with Crippen molar-refractivity contribution >= 4 is 29.4 Å². The van der Waals surface area contributed by atoms with E-state index < -0.39 is 35.8 Å². The molecule has 0 spiro atoms. The number of carbonyl (C=O) groups is 3. The molecule has 4 amide bonds. The van der Waals surface area contributed by atoms with Crippen LogP contribution in [0, 0.1) is 25.6 Å². The van der Waals surface area contributed by atoms with Gasteiger partial charge in [0.2, 0.25) is 5.91 Å².